The van der Waals surface area contributed by atoms with E-state index in [2.05, 4.69) is 66.7 Å². The minimum absolute atomic E-state index is 0.00234. The molecule has 2 amide bonds. The van der Waals surface area contributed by atoms with Crippen molar-refractivity contribution in [1.82, 2.24) is 9.80 Å². The van der Waals surface area contributed by atoms with Crippen molar-refractivity contribution >= 4 is 17.9 Å². The molecule has 0 N–H and O–H groups in total. The first-order valence-electron chi connectivity index (χ1n) is 16.9. The van der Waals surface area contributed by atoms with Crippen molar-refractivity contribution in [2.45, 2.75) is 79.8 Å². The third-order valence-electron chi connectivity index (χ3n) is 13.0. The number of carbonyl (C=O) groups is 2. The van der Waals surface area contributed by atoms with Gasteiger partial charge in [-0.25, -0.2) is 9.59 Å². The highest BCUT2D eigenvalue weighted by Crippen LogP contribution is 2.69. The van der Waals surface area contributed by atoms with Crippen LogP contribution in [0.4, 0.5) is 15.3 Å². The molecule has 8 heteroatoms. The van der Waals surface area contributed by atoms with Crippen molar-refractivity contribution in [1.29, 1.82) is 0 Å². The zero-order valence-corrected chi connectivity index (χ0v) is 26.6. The van der Waals surface area contributed by atoms with E-state index in [0.717, 1.165) is 43.4 Å². The minimum atomic E-state index is -0.614. The average molecular weight is 617 g/mol. The first-order valence-corrected chi connectivity index (χ1v) is 16.9. The average Bonchev–Trinajstić information content (AvgIpc) is 3.91. The Kier molecular flexibility index (Phi) is 6.04. The highest BCUT2D eigenvalue weighted by molar-refractivity contribution is 5.72. The van der Waals surface area contributed by atoms with Crippen LogP contribution in [0.25, 0.3) is 0 Å². The zero-order chi connectivity index (χ0) is 31.3. The monoisotopic (exact) mass is 616 g/mol. The van der Waals surface area contributed by atoms with Crippen LogP contribution in [0.15, 0.2) is 77.0 Å². The number of rotatable bonds is 3. The lowest BCUT2D eigenvalue weighted by molar-refractivity contribution is 0.0923. The maximum Gasteiger partial charge on any atom is 0.409 e. The van der Waals surface area contributed by atoms with Gasteiger partial charge in [-0.05, 0) is 90.3 Å². The standard InChI is InChI=1S/C38H40N4O4/c1-45-34(43)41-19-17-37(36-16-8-11-26(36)21-24-9-3-5-12-28(24)36)30-14-7-15-31(27(30)23-32(37)41)39-40-38-18-20-42(35(44)46-2)33(38)22-25-10-4-6-13-29(25)38/h3-7,9-10,12-15,26,32-33H,8,11,16-23H2,1-2H3/t26-,32+,33?,36+,37+,38+/m1/s1. The summed E-state index contributed by atoms with van der Waals surface area (Å²) in [5, 5.41) is 10.4. The van der Waals surface area contributed by atoms with Crippen LogP contribution in [0.2, 0.25) is 0 Å². The second-order valence-electron chi connectivity index (χ2n) is 14.2. The van der Waals surface area contributed by atoms with E-state index in [-0.39, 0.29) is 35.1 Å². The molecule has 0 radical (unpaired) electrons. The number of fused-ring (bicyclic) bond motifs is 10. The zero-order valence-electron chi connectivity index (χ0n) is 26.6. The molecule has 2 saturated heterocycles. The van der Waals surface area contributed by atoms with Gasteiger partial charge in [-0.15, -0.1) is 0 Å². The van der Waals surface area contributed by atoms with Crippen molar-refractivity contribution < 1.29 is 19.1 Å². The number of likely N-dealkylation sites (tertiary alicyclic amines) is 2. The Balaban J connectivity index is 1.19. The van der Waals surface area contributed by atoms with Gasteiger partial charge in [-0.2, -0.15) is 10.2 Å². The normalized spacial score (nSPS) is 33.0. The summed E-state index contributed by atoms with van der Waals surface area (Å²) < 4.78 is 10.6. The molecule has 1 saturated carbocycles. The van der Waals surface area contributed by atoms with Crippen LogP contribution in [0.3, 0.4) is 0 Å². The van der Waals surface area contributed by atoms with Gasteiger partial charge in [0.2, 0.25) is 0 Å². The predicted molar refractivity (Wildman–Crippen MR) is 172 cm³/mol. The Hall–Kier alpha value is -4.20. The van der Waals surface area contributed by atoms with Crippen LogP contribution < -0.4 is 0 Å². The highest BCUT2D eigenvalue weighted by atomic mass is 16.5. The largest absolute Gasteiger partial charge is 0.453 e. The van der Waals surface area contributed by atoms with Crippen LogP contribution >= 0.6 is 0 Å². The van der Waals surface area contributed by atoms with Crippen LogP contribution in [-0.2, 0) is 45.1 Å². The first kappa shape index (κ1) is 28.1. The summed E-state index contributed by atoms with van der Waals surface area (Å²) in [6, 6.07) is 23.9. The maximum atomic E-state index is 13.4. The van der Waals surface area contributed by atoms with E-state index in [1.54, 1.807) is 0 Å². The quantitative estimate of drug-likeness (QED) is 0.297. The Bertz CT molecular complexity index is 1810. The van der Waals surface area contributed by atoms with Crippen molar-refractivity contribution in [3.63, 3.8) is 0 Å². The molecular formula is C38H40N4O4. The number of azo groups is 1. The molecule has 3 aromatic rings. The van der Waals surface area contributed by atoms with Crippen molar-refractivity contribution in [3.05, 3.63) is 100 Å². The van der Waals surface area contributed by atoms with E-state index in [1.165, 1.54) is 54.9 Å². The van der Waals surface area contributed by atoms with E-state index >= 15 is 0 Å². The lowest BCUT2D eigenvalue weighted by Crippen LogP contribution is -2.55. The molecule has 6 atom stereocenters. The molecule has 2 heterocycles. The number of amides is 2. The lowest BCUT2D eigenvalue weighted by atomic mass is 9.53. The molecule has 8 nitrogen and oxygen atoms in total. The Morgan fingerprint density at radius 3 is 2.17 bits per heavy atom. The molecule has 1 unspecified atom stereocenters. The summed E-state index contributed by atoms with van der Waals surface area (Å²) in [5.41, 5.74) is 7.90. The van der Waals surface area contributed by atoms with Crippen LogP contribution in [0.5, 0.6) is 0 Å². The van der Waals surface area contributed by atoms with Crippen LogP contribution in [0.1, 0.15) is 65.5 Å². The number of nitrogens with zero attached hydrogens (tertiary/aromatic N) is 4. The van der Waals surface area contributed by atoms with E-state index in [4.69, 9.17) is 19.7 Å². The van der Waals surface area contributed by atoms with Crippen molar-refractivity contribution in [2.75, 3.05) is 27.3 Å². The summed E-state index contributed by atoms with van der Waals surface area (Å²) in [6.07, 6.45) is 7.21. The van der Waals surface area contributed by atoms with E-state index < -0.39 is 5.54 Å². The molecule has 236 valence electrons. The van der Waals surface area contributed by atoms with Gasteiger partial charge in [0.15, 0.2) is 0 Å². The van der Waals surface area contributed by atoms with E-state index in [0.29, 0.717) is 25.4 Å². The van der Waals surface area contributed by atoms with Crippen LogP contribution in [0, 0.1) is 5.92 Å². The maximum absolute atomic E-state index is 13.4. The number of ether oxygens (including phenoxy) is 2. The summed E-state index contributed by atoms with van der Waals surface area (Å²) >= 11 is 0. The van der Waals surface area contributed by atoms with Gasteiger partial charge in [0.05, 0.1) is 25.9 Å². The van der Waals surface area contributed by atoms with E-state index in [1.807, 2.05) is 9.80 Å². The van der Waals surface area contributed by atoms with Gasteiger partial charge in [0.25, 0.3) is 0 Å². The van der Waals surface area contributed by atoms with Crippen molar-refractivity contribution in [3.8, 4) is 0 Å². The van der Waals surface area contributed by atoms with Crippen molar-refractivity contribution in [2.24, 2.45) is 16.1 Å². The lowest BCUT2D eigenvalue weighted by Gasteiger charge is -2.50. The number of benzene rings is 3. The first-order chi connectivity index (χ1) is 22.5. The number of hydrogen-bond acceptors (Lipinski definition) is 6. The van der Waals surface area contributed by atoms with Gasteiger partial charge in [0, 0.05) is 30.0 Å². The SMILES string of the molecule is COC(=O)N1CC[C@]2(N=Nc3cccc4c3C[C@@H]3N(C(=O)OC)CC[C@]43[C@@]34CCC[C@@H]3Cc3ccccc34)c3ccccc3CC12. The molecule has 3 aromatic carbocycles. The van der Waals surface area contributed by atoms with Gasteiger partial charge < -0.3 is 19.3 Å². The Morgan fingerprint density at radius 1 is 0.717 bits per heavy atom. The summed E-state index contributed by atoms with van der Waals surface area (Å²) in [4.78, 5) is 30.0. The Labute approximate surface area is 269 Å². The molecule has 2 aliphatic heterocycles. The highest BCUT2D eigenvalue weighted by Gasteiger charge is 2.70. The molecule has 0 aromatic heterocycles. The molecule has 3 fully saturated rings. The fourth-order valence-corrected chi connectivity index (χ4v) is 11.5. The fraction of sp³-hybridized carbons (Fsp3) is 0.474. The van der Waals surface area contributed by atoms with Gasteiger partial charge in [-0.3, -0.25) is 0 Å². The minimum Gasteiger partial charge on any atom is -0.453 e. The number of carbonyl (C=O) groups excluding carboxylic acids is 2. The molecular weight excluding hydrogens is 576 g/mol. The molecule has 46 heavy (non-hydrogen) atoms. The fourth-order valence-electron chi connectivity index (χ4n) is 11.5. The molecule has 0 spiro atoms. The van der Waals surface area contributed by atoms with Gasteiger partial charge >= 0.3 is 12.2 Å². The van der Waals surface area contributed by atoms with Gasteiger partial charge in [-0.1, -0.05) is 67.1 Å². The second kappa shape index (κ2) is 9.90. The third kappa shape index (κ3) is 3.35. The molecule has 0 bridgehead atoms. The molecule has 9 rings (SSSR count). The summed E-state index contributed by atoms with van der Waals surface area (Å²) in [7, 11) is 2.95. The smallest absolute Gasteiger partial charge is 0.409 e. The van der Waals surface area contributed by atoms with Gasteiger partial charge in [0.1, 0.15) is 5.54 Å². The topological polar surface area (TPSA) is 83.8 Å². The van der Waals surface area contributed by atoms with Crippen LogP contribution in [-0.4, -0.2) is 61.4 Å². The number of hydrogen-bond donors (Lipinski definition) is 0. The summed E-state index contributed by atoms with van der Waals surface area (Å²) in [6.45, 7) is 1.28. The molecule has 6 aliphatic rings. The Morgan fingerprint density at radius 2 is 1.39 bits per heavy atom. The van der Waals surface area contributed by atoms with E-state index in [9.17, 15) is 9.59 Å². The predicted octanol–water partition coefficient (Wildman–Crippen LogP) is 6.99. The second-order valence-corrected chi connectivity index (χ2v) is 14.2. The molecule has 4 aliphatic carbocycles. The number of methoxy groups -OCH3 is 2. The third-order valence-corrected chi connectivity index (χ3v) is 13.0. The summed E-state index contributed by atoms with van der Waals surface area (Å²) in [5.74, 6) is 0.554.